The van der Waals surface area contributed by atoms with E-state index in [4.69, 9.17) is 4.99 Å². The molecule has 194 valence electrons. The summed E-state index contributed by atoms with van der Waals surface area (Å²) in [6.07, 6.45) is -0.352. The first-order chi connectivity index (χ1) is 17.6. The predicted octanol–water partition coefficient (Wildman–Crippen LogP) is 4.03. The van der Waals surface area contributed by atoms with Crippen LogP contribution in [0.25, 0.3) is 10.4 Å². The standard InChI is InChI=1S/C27H31N5O3S2/c1-14(2)22(21-10-15(3)31-37-21)25(34)32-12-19(33)11-20(32)24-29-26(35)27(5,30-24)18-8-6-17(7-9-18)23-16(4)28-13-36-23/h6-10,13-14,19-20,22,33H,11-12H2,1-5H3,(H,29,30,35). The first kappa shape index (κ1) is 25.7. The molecule has 4 unspecified atom stereocenters. The van der Waals surface area contributed by atoms with Gasteiger partial charge >= 0.3 is 0 Å². The van der Waals surface area contributed by atoms with Crippen LogP contribution in [0.1, 0.15) is 54.9 Å². The van der Waals surface area contributed by atoms with Gasteiger partial charge < -0.3 is 15.3 Å². The number of carbonyl (C=O) groups is 2. The van der Waals surface area contributed by atoms with Gasteiger partial charge in [-0.05, 0) is 55.4 Å². The lowest BCUT2D eigenvalue weighted by molar-refractivity contribution is -0.134. The van der Waals surface area contributed by atoms with Crippen molar-refractivity contribution in [3.8, 4) is 10.4 Å². The SMILES string of the molecule is Cc1cc(C(C(=O)N2CC(O)CC2C2=NC(C)(c3ccc(-c4scnc4C)cc3)C(=O)N2)C(C)C)sn1. The molecule has 2 aliphatic rings. The fourth-order valence-corrected chi connectivity index (χ4v) is 7.02. The molecule has 2 amide bonds. The molecule has 1 aromatic carbocycles. The molecule has 10 heteroatoms. The van der Waals surface area contributed by atoms with Crippen LogP contribution < -0.4 is 5.32 Å². The third-order valence-electron chi connectivity index (χ3n) is 7.25. The Morgan fingerprint density at radius 2 is 1.97 bits per heavy atom. The van der Waals surface area contributed by atoms with Crippen molar-refractivity contribution in [3.05, 3.63) is 57.7 Å². The number of nitrogens with one attached hydrogen (secondary N) is 1. The Labute approximate surface area is 224 Å². The zero-order chi connectivity index (χ0) is 26.5. The summed E-state index contributed by atoms with van der Waals surface area (Å²) in [5, 5.41) is 13.5. The van der Waals surface area contributed by atoms with E-state index in [9.17, 15) is 14.7 Å². The minimum atomic E-state index is -1.12. The lowest BCUT2D eigenvalue weighted by Crippen LogP contribution is -2.48. The van der Waals surface area contributed by atoms with E-state index in [0.29, 0.717) is 12.3 Å². The summed E-state index contributed by atoms with van der Waals surface area (Å²) in [7, 11) is 0. The molecule has 3 aromatic rings. The molecule has 0 spiro atoms. The Hall–Kier alpha value is -2.95. The summed E-state index contributed by atoms with van der Waals surface area (Å²) >= 11 is 2.92. The number of thiazole rings is 1. The van der Waals surface area contributed by atoms with Gasteiger partial charge in [0.05, 0.1) is 39.8 Å². The molecule has 1 fully saturated rings. The van der Waals surface area contributed by atoms with E-state index in [1.54, 1.807) is 23.2 Å². The lowest BCUT2D eigenvalue weighted by atomic mass is 9.91. The molecule has 2 N–H and O–H groups in total. The van der Waals surface area contributed by atoms with Crippen molar-refractivity contribution in [1.82, 2.24) is 19.6 Å². The van der Waals surface area contributed by atoms with Gasteiger partial charge in [-0.1, -0.05) is 38.1 Å². The van der Waals surface area contributed by atoms with E-state index in [1.165, 1.54) is 11.5 Å². The third-order valence-corrected chi connectivity index (χ3v) is 9.19. The van der Waals surface area contributed by atoms with E-state index < -0.39 is 17.7 Å². The maximum Gasteiger partial charge on any atom is 0.257 e. The second-order valence-electron chi connectivity index (χ2n) is 10.4. The topological polar surface area (TPSA) is 108 Å². The number of aliphatic hydroxyl groups excluding tert-OH is 1. The molecular formula is C27H31N5O3S2. The number of nitrogens with zero attached hydrogens (tertiary/aromatic N) is 4. The van der Waals surface area contributed by atoms with Crippen molar-refractivity contribution in [2.45, 2.75) is 64.6 Å². The lowest BCUT2D eigenvalue weighted by Gasteiger charge is -2.29. The van der Waals surface area contributed by atoms with E-state index in [1.807, 2.05) is 63.5 Å². The molecule has 37 heavy (non-hydrogen) atoms. The normalized spacial score (nSPS) is 24.5. The second-order valence-corrected chi connectivity index (χ2v) is 12.0. The van der Waals surface area contributed by atoms with Crippen LogP contribution in [0.15, 0.2) is 40.8 Å². The van der Waals surface area contributed by atoms with Crippen molar-refractivity contribution >= 4 is 40.5 Å². The zero-order valence-corrected chi connectivity index (χ0v) is 23.2. The van der Waals surface area contributed by atoms with E-state index in [2.05, 4.69) is 14.7 Å². The minimum absolute atomic E-state index is 0.0526. The van der Waals surface area contributed by atoms with Crippen LogP contribution in [0.3, 0.4) is 0 Å². The van der Waals surface area contributed by atoms with Gasteiger partial charge in [-0.15, -0.1) is 11.3 Å². The summed E-state index contributed by atoms with van der Waals surface area (Å²) in [6.45, 7) is 9.92. The molecule has 0 radical (unpaired) electrons. The van der Waals surface area contributed by atoms with Crippen LogP contribution in [0, 0.1) is 19.8 Å². The first-order valence-electron chi connectivity index (χ1n) is 12.4. The fourth-order valence-electron chi connectivity index (χ4n) is 5.20. The van der Waals surface area contributed by atoms with E-state index >= 15 is 0 Å². The number of hydrogen-bond acceptors (Lipinski definition) is 8. The van der Waals surface area contributed by atoms with Crippen molar-refractivity contribution in [2.75, 3.05) is 6.54 Å². The van der Waals surface area contributed by atoms with Crippen LogP contribution in [-0.2, 0) is 15.1 Å². The molecule has 2 aromatic heterocycles. The zero-order valence-electron chi connectivity index (χ0n) is 21.6. The summed E-state index contributed by atoms with van der Waals surface area (Å²) < 4.78 is 4.37. The molecule has 4 heterocycles. The number of amides is 2. The number of carbonyl (C=O) groups excluding carboxylic acids is 2. The predicted molar refractivity (Wildman–Crippen MR) is 146 cm³/mol. The van der Waals surface area contributed by atoms with Gasteiger partial charge in [-0.3, -0.25) is 9.59 Å². The van der Waals surface area contributed by atoms with E-state index in [-0.39, 0.29) is 30.2 Å². The van der Waals surface area contributed by atoms with Crippen LogP contribution in [0.5, 0.6) is 0 Å². The smallest absolute Gasteiger partial charge is 0.257 e. The van der Waals surface area contributed by atoms with Gasteiger partial charge in [0.2, 0.25) is 5.91 Å². The van der Waals surface area contributed by atoms with Gasteiger partial charge in [-0.25, -0.2) is 9.98 Å². The summed E-state index contributed by atoms with van der Waals surface area (Å²) in [5.74, 6) is -0.197. The highest BCUT2D eigenvalue weighted by atomic mass is 32.1. The summed E-state index contributed by atoms with van der Waals surface area (Å²) in [6, 6.07) is 9.28. The Morgan fingerprint density at radius 1 is 1.24 bits per heavy atom. The molecule has 4 atom stereocenters. The fraction of sp³-hybridized carbons (Fsp3) is 0.444. The number of aryl methyl sites for hydroxylation is 2. The summed E-state index contributed by atoms with van der Waals surface area (Å²) in [4.78, 5) is 39.9. The maximum atomic E-state index is 13.8. The van der Waals surface area contributed by atoms with Gasteiger partial charge in [0.25, 0.3) is 5.91 Å². The average Bonchev–Trinajstić information content (AvgIpc) is 3.62. The Morgan fingerprint density at radius 3 is 2.57 bits per heavy atom. The highest BCUT2D eigenvalue weighted by Crippen LogP contribution is 2.37. The van der Waals surface area contributed by atoms with Gasteiger partial charge in [0, 0.05) is 17.8 Å². The molecule has 5 rings (SSSR count). The highest BCUT2D eigenvalue weighted by molar-refractivity contribution is 7.13. The third kappa shape index (κ3) is 4.62. The number of β-amino-alcohol motifs (C(OH)–C–C–N with tert-alkyl or cyclic N) is 1. The second kappa shape index (κ2) is 9.74. The monoisotopic (exact) mass is 537 g/mol. The quantitative estimate of drug-likeness (QED) is 0.494. The number of rotatable bonds is 6. The molecule has 0 bridgehead atoms. The number of hydrogen-bond donors (Lipinski definition) is 2. The largest absolute Gasteiger partial charge is 0.391 e. The van der Waals surface area contributed by atoms with Crippen LogP contribution in [-0.4, -0.2) is 55.7 Å². The van der Waals surface area contributed by atoms with Gasteiger partial charge in [0.1, 0.15) is 5.84 Å². The Kier molecular flexibility index (Phi) is 6.76. The molecule has 8 nitrogen and oxygen atoms in total. The number of aliphatic imine (C=N–C) groups is 1. The number of amidine groups is 1. The van der Waals surface area contributed by atoms with Crippen molar-refractivity contribution in [1.29, 1.82) is 0 Å². The Bertz CT molecular complexity index is 1360. The average molecular weight is 538 g/mol. The van der Waals surface area contributed by atoms with Crippen molar-refractivity contribution < 1.29 is 14.7 Å². The van der Waals surface area contributed by atoms with Gasteiger partial charge in [0.15, 0.2) is 5.54 Å². The van der Waals surface area contributed by atoms with Crippen molar-refractivity contribution in [2.24, 2.45) is 10.9 Å². The maximum absolute atomic E-state index is 13.8. The van der Waals surface area contributed by atoms with Crippen LogP contribution in [0.2, 0.25) is 0 Å². The molecule has 2 aliphatic heterocycles. The van der Waals surface area contributed by atoms with Crippen LogP contribution in [0.4, 0.5) is 0 Å². The number of aromatic nitrogens is 2. The Balaban J connectivity index is 1.43. The number of aliphatic hydroxyl groups is 1. The molecule has 0 saturated carbocycles. The molecular weight excluding hydrogens is 506 g/mol. The molecule has 1 saturated heterocycles. The number of benzene rings is 1. The first-order valence-corrected chi connectivity index (χ1v) is 14.1. The number of likely N-dealkylation sites (tertiary alicyclic amines) is 1. The summed E-state index contributed by atoms with van der Waals surface area (Å²) in [5.41, 5.74) is 4.37. The van der Waals surface area contributed by atoms with E-state index in [0.717, 1.165) is 32.3 Å². The van der Waals surface area contributed by atoms with Crippen molar-refractivity contribution in [3.63, 3.8) is 0 Å². The molecule has 0 aliphatic carbocycles. The van der Waals surface area contributed by atoms with Gasteiger partial charge in [-0.2, -0.15) is 4.37 Å². The van der Waals surface area contributed by atoms with Crippen LogP contribution >= 0.6 is 22.9 Å². The highest BCUT2D eigenvalue weighted by Gasteiger charge is 2.48. The minimum Gasteiger partial charge on any atom is -0.391 e.